The topological polar surface area (TPSA) is 71.9 Å². The number of nitrogens with one attached hydrogen (secondary N) is 1. The lowest BCUT2D eigenvalue weighted by Crippen LogP contribution is -2.33. The van der Waals surface area contributed by atoms with Crippen LogP contribution >= 0.6 is 11.3 Å². The van der Waals surface area contributed by atoms with Crippen LogP contribution in [0.15, 0.2) is 27.1 Å². The summed E-state index contributed by atoms with van der Waals surface area (Å²) in [6.45, 7) is 3.60. The molecule has 0 aliphatic carbocycles. The summed E-state index contributed by atoms with van der Waals surface area (Å²) in [6, 6.07) is 3.63. The molecule has 2 rings (SSSR count). The number of aromatic amines is 1. The molecule has 0 spiro atoms. The van der Waals surface area contributed by atoms with E-state index in [2.05, 4.69) is 5.10 Å². The zero-order valence-electron chi connectivity index (χ0n) is 11.4. The van der Waals surface area contributed by atoms with Crippen LogP contribution in [0.3, 0.4) is 0 Å². The van der Waals surface area contributed by atoms with Gasteiger partial charge in [-0.05, 0) is 31.7 Å². The van der Waals surface area contributed by atoms with Crippen molar-refractivity contribution in [2.24, 2.45) is 0 Å². The summed E-state index contributed by atoms with van der Waals surface area (Å²) in [6.07, 6.45) is 0.886. The Labute approximate surface area is 119 Å². The van der Waals surface area contributed by atoms with E-state index in [9.17, 15) is 14.4 Å². The number of H-pyrrole nitrogens is 1. The Morgan fingerprint density at radius 2 is 2.05 bits per heavy atom. The molecule has 106 valence electrons. The van der Waals surface area contributed by atoms with Crippen LogP contribution in [0.2, 0.25) is 0 Å². The van der Waals surface area contributed by atoms with Crippen LogP contribution in [-0.2, 0) is 6.54 Å². The highest BCUT2D eigenvalue weighted by Crippen LogP contribution is 2.12. The highest BCUT2D eigenvalue weighted by Gasteiger charge is 2.09. The van der Waals surface area contributed by atoms with Crippen molar-refractivity contribution < 1.29 is 4.79 Å². The zero-order chi connectivity index (χ0) is 14.7. The first kappa shape index (κ1) is 14.5. The highest BCUT2D eigenvalue weighted by molar-refractivity contribution is 7.12. The average Bonchev–Trinajstić information content (AvgIpc) is 2.96. The fraction of sp³-hybridized carbons (Fsp3) is 0.357. The predicted molar refractivity (Wildman–Crippen MR) is 78.7 cm³/mol. The number of thiophene rings is 1. The Hall–Kier alpha value is -1.95. The highest BCUT2D eigenvalue weighted by atomic mass is 32.1. The van der Waals surface area contributed by atoms with E-state index < -0.39 is 0 Å². The monoisotopic (exact) mass is 292 g/mol. The molecule has 0 radical (unpaired) electrons. The quantitative estimate of drug-likeness (QED) is 0.855. The number of aryl methyl sites for hydroxylation is 1. The summed E-state index contributed by atoms with van der Waals surface area (Å²) in [5, 5.41) is 4.39. The maximum absolute atomic E-state index is 12.0. The molecule has 1 N–H and O–H groups in total. The summed E-state index contributed by atoms with van der Waals surface area (Å²) in [5.74, 6) is 0.0687. The van der Waals surface area contributed by atoms with Crippen LogP contribution in [0, 0.1) is 13.8 Å². The molecular formula is C14H16N2O3S. The second kappa shape index (κ2) is 6.00. The maximum Gasteiger partial charge on any atom is 0.268 e. The third-order valence-electron chi connectivity index (χ3n) is 3.29. The number of hydrogen-bond acceptors (Lipinski definition) is 4. The van der Waals surface area contributed by atoms with Crippen molar-refractivity contribution in [2.45, 2.75) is 33.2 Å². The van der Waals surface area contributed by atoms with Gasteiger partial charge in [0.25, 0.3) is 11.1 Å². The van der Waals surface area contributed by atoms with Crippen molar-refractivity contribution in [1.29, 1.82) is 0 Å². The Morgan fingerprint density at radius 3 is 2.70 bits per heavy atom. The SMILES string of the molecule is Cc1c(C)c(=O)n(CCCC(=O)c2cccs2)[nH]c1=O. The third-order valence-corrected chi connectivity index (χ3v) is 4.20. The number of aromatic nitrogens is 2. The zero-order valence-corrected chi connectivity index (χ0v) is 12.3. The van der Waals surface area contributed by atoms with Crippen molar-refractivity contribution in [3.8, 4) is 0 Å². The van der Waals surface area contributed by atoms with Crippen molar-refractivity contribution in [3.05, 3.63) is 54.2 Å². The van der Waals surface area contributed by atoms with Gasteiger partial charge >= 0.3 is 0 Å². The molecule has 0 unspecified atom stereocenters. The summed E-state index contributed by atoms with van der Waals surface area (Å²) in [5.41, 5.74) is 0.441. The first-order valence-corrected chi connectivity index (χ1v) is 7.25. The normalized spacial score (nSPS) is 10.7. The summed E-state index contributed by atoms with van der Waals surface area (Å²) >= 11 is 1.41. The molecule has 2 heterocycles. The number of carbonyl (C=O) groups is 1. The lowest BCUT2D eigenvalue weighted by molar-refractivity contribution is 0.0982. The molecule has 0 atom stereocenters. The lowest BCUT2D eigenvalue weighted by Gasteiger charge is -2.07. The molecule has 0 saturated carbocycles. The minimum Gasteiger partial charge on any atom is -0.293 e. The Bertz CT molecular complexity index is 726. The number of Topliss-reactive ketones (excluding diaryl/α,β-unsaturated/α-hetero) is 1. The predicted octanol–water partition coefficient (Wildman–Crippen LogP) is 1.88. The molecule has 0 bridgehead atoms. The van der Waals surface area contributed by atoms with Gasteiger partial charge in [0.05, 0.1) is 4.88 Å². The van der Waals surface area contributed by atoms with Gasteiger partial charge in [0.2, 0.25) is 0 Å². The van der Waals surface area contributed by atoms with Crippen LogP contribution in [0.25, 0.3) is 0 Å². The molecule has 0 fully saturated rings. The second-order valence-corrected chi connectivity index (χ2v) is 5.60. The Balaban J connectivity index is 2.04. The van der Waals surface area contributed by atoms with Crippen LogP contribution in [-0.4, -0.2) is 15.6 Å². The first-order chi connectivity index (χ1) is 9.50. The van der Waals surface area contributed by atoms with E-state index in [4.69, 9.17) is 0 Å². The molecule has 0 aliphatic heterocycles. The van der Waals surface area contributed by atoms with E-state index in [0.717, 1.165) is 4.88 Å². The second-order valence-electron chi connectivity index (χ2n) is 4.65. The van der Waals surface area contributed by atoms with Gasteiger partial charge in [-0.15, -0.1) is 11.3 Å². The molecule has 6 heteroatoms. The summed E-state index contributed by atoms with van der Waals surface area (Å²) < 4.78 is 1.28. The molecule has 0 amide bonds. The maximum atomic E-state index is 12.0. The number of carbonyl (C=O) groups excluding carboxylic acids is 1. The Kier molecular flexibility index (Phi) is 4.34. The van der Waals surface area contributed by atoms with Crippen molar-refractivity contribution >= 4 is 17.1 Å². The molecule has 2 aromatic rings. The molecule has 0 aliphatic rings. The number of rotatable bonds is 5. The standard InChI is InChI=1S/C14H16N2O3S/c1-9-10(2)14(19)16(15-13(9)18)7-3-5-11(17)12-6-4-8-20-12/h4,6,8H,3,5,7H2,1-2H3,(H,15,18). The first-order valence-electron chi connectivity index (χ1n) is 6.37. The van der Waals surface area contributed by atoms with Crippen LogP contribution in [0.4, 0.5) is 0 Å². The molecule has 5 nitrogen and oxygen atoms in total. The van der Waals surface area contributed by atoms with Gasteiger partial charge in [0.15, 0.2) is 5.78 Å². The molecule has 0 aromatic carbocycles. The van der Waals surface area contributed by atoms with Crippen LogP contribution in [0.5, 0.6) is 0 Å². The van der Waals surface area contributed by atoms with Crippen molar-refractivity contribution in [1.82, 2.24) is 9.78 Å². The smallest absolute Gasteiger partial charge is 0.268 e. The minimum absolute atomic E-state index is 0.0687. The van der Waals surface area contributed by atoms with Gasteiger partial charge in [0.1, 0.15) is 0 Å². The van der Waals surface area contributed by atoms with E-state index >= 15 is 0 Å². The minimum atomic E-state index is -0.258. The Morgan fingerprint density at radius 1 is 1.30 bits per heavy atom. The van der Waals surface area contributed by atoms with E-state index in [1.54, 1.807) is 19.9 Å². The lowest BCUT2D eigenvalue weighted by atomic mass is 10.2. The fourth-order valence-electron chi connectivity index (χ4n) is 1.91. The van der Waals surface area contributed by atoms with Gasteiger partial charge in [-0.3, -0.25) is 24.2 Å². The largest absolute Gasteiger partial charge is 0.293 e. The average molecular weight is 292 g/mol. The van der Waals surface area contributed by atoms with E-state index in [1.165, 1.54) is 16.0 Å². The van der Waals surface area contributed by atoms with E-state index in [0.29, 0.717) is 30.5 Å². The molecule has 2 aromatic heterocycles. The van der Waals surface area contributed by atoms with Crippen LogP contribution in [0.1, 0.15) is 33.6 Å². The van der Waals surface area contributed by atoms with Gasteiger partial charge in [-0.25, -0.2) is 0 Å². The number of hydrogen-bond donors (Lipinski definition) is 1. The fourth-order valence-corrected chi connectivity index (χ4v) is 2.60. The third kappa shape index (κ3) is 2.96. The summed E-state index contributed by atoms with van der Waals surface area (Å²) in [7, 11) is 0. The van der Waals surface area contributed by atoms with E-state index in [1.807, 2.05) is 11.4 Å². The molecular weight excluding hydrogens is 276 g/mol. The van der Waals surface area contributed by atoms with Gasteiger partial charge in [-0.2, -0.15) is 0 Å². The molecule has 20 heavy (non-hydrogen) atoms. The van der Waals surface area contributed by atoms with Crippen molar-refractivity contribution in [2.75, 3.05) is 0 Å². The molecule has 0 saturated heterocycles. The van der Waals surface area contributed by atoms with Gasteiger partial charge in [0, 0.05) is 24.1 Å². The van der Waals surface area contributed by atoms with Crippen molar-refractivity contribution in [3.63, 3.8) is 0 Å². The van der Waals surface area contributed by atoms with Gasteiger partial charge < -0.3 is 0 Å². The number of nitrogens with zero attached hydrogens (tertiary/aromatic N) is 1. The van der Waals surface area contributed by atoms with E-state index in [-0.39, 0.29) is 16.9 Å². The van der Waals surface area contributed by atoms with Gasteiger partial charge in [-0.1, -0.05) is 6.07 Å². The number of ketones is 1. The summed E-state index contributed by atoms with van der Waals surface area (Å²) in [4.78, 5) is 36.1. The van der Waals surface area contributed by atoms with Crippen LogP contribution < -0.4 is 11.1 Å².